The number of halogens is 1. The molecule has 0 aliphatic heterocycles. The minimum atomic E-state index is 0.451. The van der Waals surface area contributed by atoms with Crippen LogP contribution in [0.3, 0.4) is 0 Å². The standard InChI is InChI=1S/C21H19ClN6/c1-2-6-15-11-25-28-18-16(19(22)26-20(15)28)12-23-21-17(18)13-24-27(21)10-9-14-7-4-3-5-8-14/h3-5,7-8,11-13H,2,6,9-10H2,1H3. The van der Waals surface area contributed by atoms with Crippen molar-refractivity contribution in [2.75, 3.05) is 0 Å². The Balaban J connectivity index is 1.66. The second-order valence-corrected chi connectivity index (χ2v) is 7.28. The van der Waals surface area contributed by atoms with Crippen molar-refractivity contribution in [1.29, 1.82) is 0 Å². The molecule has 140 valence electrons. The first-order valence-electron chi connectivity index (χ1n) is 9.46. The summed E-state index contributed by atoms with van der Waals surface area (Å²) in [6.07, 6.45) is 8.35. The molecule has 0 aliphatic carbocycles. The van der Waals surface area contributed by atoms with Crippen molar-refractivity contribution in [2.45, 2.75) is 32.7 Å². The molecule has 28 heavy (non-hydrogen) atoms. The summed E-state index contributed by atoms with van der Waals surface area (Å²) in [6.45, 7) is 2.90. The predicted octanol–water partition coefficient (Wildman–Crippen LogP) is 4.48. The molecule has 0 fully saturated rings. The summed E-state index contributed by atoms with van der Waals surface area (Å²) >= 11 is 6.49. The molecule has 1 aromatic carbocycles. The van der Waals surface area contributed by atoms with Crippen LogP contribution >= 0.6 is 11.6 Å². The van der Waals surface area contributed by atoms with E-state index in [1.807, 2.05) is 27.7 Å². The Morgan fingerprint density at radius 2 is 1.79 bits per heavy atom. The highest BCUT2D eigenvalue weighted by molar-refractivity contribution is 6.35. The van der Waals surface area contributed by atoms with Crippen molar-refractivity contribution >= 4 is 39.2 Å². The lowest BCUT2D eigenvalue weighted by Crippen LogP contribution is -2.04. The molecule has 0 radical (unpaired) electrons. The Bertz CT molecular complexity index is 1290. The van der Waals surface area contributed by atoms with E-state index < -0.39 is 0 Å². The quantitative estimate of drug-likeness (QED) is 0.415. The van der Waals surface area contributed by atoms with E-state index in [0.717, 1.165) is 59.0 Å². The lowest BCUT2D eigenvalue weighted by molar-refractivity contribution is 0.630. The maximum atomic E-state index is 6.49. The fraction of sp³-hybridized carbons (Fsp3) is 0.238. The molecule has 0 atom stereocenters. The summed E-state index contributed by atoms with van der Waals surface area (Å²) < 4.78 is 3.82. The Morgan fingerprint density at radius 3 is 2.61 bits per heavy atom. The van der Waals surface area contributed by atoms with Crippen LogP contribution in [0.5, 0.6) is 0 Å². The lowest BCUT2D eigenvalue weighted by Gasteiger charge is -2.07. The fourth-order valence-electron chi connectivity index (χ4n) is 3.69. The summed E-state index contributed by atoms with van der Waals surface area (Å²) in [5.74, 6) is 0. The highest BCUT2D eigenvalue weighted by Crippen LogP contribution is 2.29. The van der Waals surface area contributed by atoms with Crippen molar-refractivity contribution in [2.24, 2.45) is 0 Å². The minimum Gasteiger partial charge on any atom is -0.247 e. The van der Waals surface area contributed by atoms with Gasteiger partial charge in [-0.05, 0) is 18.4 Å². The third-order valence-corrected chi connectivity index (χ3v) is 5.36. The fourth-order valence-corrected chi connectivity index (χ4v) is 3.91. The first-order chi connectivity index (χ1) is 13.8. The Kier molecular flexibility index (Phi) is 4.20. The largest absolute Gasteiger partial charge is 0.247 e. The summed E-state index contributed by atoms with van der Waals surface area (Å²) in [6, 6.07) is 10.4. The smallest absolute Gasteiger partial charge is 0.160 e. The summed E-state index contributed by atoms with van der Waals surface area (Å²) in [7, 11) is 0. The molecule has 0 spiro atoms. The number of hydrogen-bond acceptors (Lipinski definition) is 4. The lowest BCUT2D eigenvalue weighted by atomic mass is 10.1. The van der Waals surface area contributed by atoms with Gasteiger partial charge in [-0.3, -0.25) is 0 Å². The summed E-state index contributed by atoms with van der Waals surface area (Å²) in [5, 5.41) is 11.4. The SMILES string of the molecule is CCCc1cnn2c1nc(Cl)c1cnc3c(cnn3CCc3ccccc3)c12. The zero-order valence-electron chi connectivity index (χ0n) is 15.5. The highest BCUT2D eigenvalue weighted by Gasteiger charge is 2.17. The van der Waals surface area contributed by atoms with E-state index in [1.54, 1.807) is 6.20 Å². The molecular formula is C21H19ClN6. The van der Waals surface area contributed by atoms with Crippen LogP contribution in [-0.2, 0) is 19.4 Å². The third-order valence-electron chi connectivity index (χ3n) is 5.07. The maximum Gasteiger partial charge on any atom is 0.160 e. The molecule has 0 unspecified atom stereocenters. The van der Waals surface area contributed by atoms with Gasteiger partial charge >= 0.3 is 0 Å². The number of aryl methyl sites for hydroxylation is 3. The van der Waals surface area contributed by atoms with E-state index in [-0.39, 0.29) is 0 Å². The Morgan fingerprint density at radius 1 is 0.929 bits per heavy atom. The van der Waals surface area contributed by atoms with Gasteiger partial charge in [0.2, 0.25) is 0 Å². The highest BCUT2D eigenvalue weighted by atomic mass is 35.5. The molecule has 0 bridgehead atoms. The maximum absolute atomic E-state index is 6.49. The van der Waals surface area contributed by atoms with Crippen molar-refractivity contribution in [3.8, 4) is 0 Å². The van der Waals surface area contributed by atoms with Crippen molar-refractivity contribution < 1.29 is 0 Å². The topological polar surface area (TPSA) is 60.9 Å². The van der Waals surface area contributed by atoms with E-state index in [4.69, 9.17) is 11.6 Å². The molecule has 5 aromatic rings. The summed E-state index contributed by atoms with van der Waals surface area (Å²) in [4.78, 5) is 9.20. The van der Waals surface area contributed by atoms with Gasteiger partial charge in [0.05, 0.1) is 28.7 Å². The number of fused-ring (bicyclic) bond motifs is 5. The van der Waals surface area contributed by atoms with Gasteiger partial charge in [0.25, 0.3) is 0 Å². The Hall–Kier alpha value is -2.99. The van der Waals surface area contributed by atoms with Crippen molar-refractivity contribution in [3.63, 3.8) is 0 Å². The third kappa shape index (κ3) is 2.72. The van der Waals surface area contributed by atoms with Crippen LogP contribution in [0.1, 0.15) is 24.5 Å². The molecule has 6 nitrogen and oxygen atoms in total. The average Bonchev–Trinajstić information content (AvgIpc) is 3.32. The van der Waals surface area contributed by atoms with Crippen LogP contribution in [0.15, 0.2) is 48.9 Å². The van der Waals surface area contributed by atoms with Gasteiger partial charge in [-0.25, -0.2) is 19.2 Å². The van der Waals surface area contributed by atoms with Crippen LogP contribution in [0.2, 0.25) is 5.15 Å². The number of hydrogen-bond donors (Lipinski definition) is 0. The molecule has 0 amide bonds. The van der Waals surface area contributed by atoms with Gasteiger partial charge in [0.15, 0.2) is 11.3 Å². The molecule has 0 N–H and O–H groups in total. The van der Waals surface area contributed by atoms with Crippen LogP contribution in [0, 0.1) is 0 Å². The molecule has 0 saturated heterocycles. The van der Waals surface area contributed by atoms with Gasteiger partial charge in [-0.15, -0.1) is 0 Å². The van der Waals surface area contributed by atoms with Crippen LogP contribution < -0.4 is 0 Å². The molecule has 4 aromatic heterocycles. The van der Waals surface area contributed by atoms with Gasteiger partial charge < -0.3 is 0 Å². The van der Waals surface area contributed by atoms with Crippen molar-refractivity contribution in [3.05, 3.63) is 65.2 Å². The average molecular weight is 391 g/mol. The molecule has 0 saturated carbocycles. The van der Waals surface area contributed by atoms with E-state index in [1.165, 1.54) is 5.56 Å². The number of pyridine rings is 1. The normalized spacial score (nSPS) is 11.8. The van der Waals surface area contributed by atoms with Crippen LogP contribution in [-0.4, -0.2) is 29.4 Å². The van der Waals surface area contributed by atoms with Gasteiger partial charge in [0, 0.05) is 18.3 Å². The number of aromatic nitrogens is 6. The molecule has 0 aliphatic rings. The second-order valence-electron chi connectivity index (χ2n) is 6.92. The monoisotopic (exact) mass is 390 g/mol. The van der Waals surface area contributed by atoms with Crippen molar-refractivity contribution in [1.82, 2.24) is 29.4 Å². The van der Waals surface area contributed by atoms with E-state index >= 15 is 0 Å². The van der Waals surface area contributed by atoms with Gasteiger partial charge in [-0.1, -0.05) is 55.3 Å². The molecular weight excluding hydrogens is 372 g/mol. The zero-order chi connectivity index (χ0) is 19.1. The zero-order valence-corrected chi connectivity index (χ0v) is 16.3. The minimum absolute atomic E-state index is 0.451. The molecule has 4 heterocycles. The first-order valence-corrected chi connectivity index (χ1v) is 9.84. The van der Waals surface area contributed by atoms with E-state index in [0.29, 0.717) is 5.15 Å². The summed E-state index contributed by atoms with van der Waals surface area (Å²) in [5.41, 5.74) is 4.93. The predicted molar refractivity (Wildman–Crippen MR) is 111 cm³/mol. The second kappa shape index (κ2) is 6.87. The van der Waals surface area contributed by atoms with Crippen LogP contribution in [0.25, 0.3) is 27.6 Å². The molecule has 5 rings (SSSR count). The number of nitrogens with zero attached hydrogens (tertiary/aromatic N) is 6. The molecule has 7 heteroatoms. The van der Waals surface area contributed by atoms with Gasteiger partial charge in [-0.2, -0.15) is 10.2 Å². The first kappa shape index (κ1) is 17.1. The van der Waals surface area contributed by atoms with E-state index in [2.05, 4.69) is 51.4 Å². The number of rotatable bonds is 5. The van der Waals surface area contributed by atoms with Gasteiger partial charge in [0.1, 0.15) is 5.15 Å². The van der Waals surface area contributed by atoms with E-state index in [9.17, 15) is 0 Å². The Labute approximate surface area is 166 Å². The van der Waals surface area contributed by atoms with Crippen LogP contribution in [0.4, 0.5) is 0 Å². The number of benzene rings is 1.